The molecule has 0 saturated carbocycles. The maximum atomic E-state index is 10.5. The molecule has 1 rings (SSSR count). The average molecular weight is 197 g/mol. The quantitative estimate of drug-likeness (QED) is 0.392. The summed E-state index contributed by atoms with van der Waals surface area (Å²) in [7, 11) is 1.27. The standard InChI is InChI=1S/C8H7NO5/c1-14-7-3-2-6(11)8(9(12)13)5(7)4-10/h2-3,8,11H,1H3. The predicted molar refractivity (Wildman–Crippen MR) is 45.8 cm³/mol. The van der Waals surface area contributed by atoms with Gasteiger partial charge in [-0.3, -0.25) is 10.1 Å². The normalized spacial score (nSPS) is 20.6. The van der Waals surface area contributed by atoms with Gasteiger partial charge in [-0.25, -0.2) is 4.79 Å². The fourth-order valence-electron chi connectivity index (χ4n) is 1.12. The number of ether oxygens (including phenoxy) is 1. The molecule has 0 saturated heterocycles. The highest BCUT2D eigenvalue weighted by Gasteiger charge is 2.36. The molecular formula is C8H7NO5. The number of allylic oxidation sites excluding steroid dienone is 2. The average Bonchev–Trinajstić information content (AvgIpc) is 2.16. The summed E-state index contributed by atoms with van der Waals surface area (Å²) in [6, 6.07) is -1.58. The van der Waals surface area contributed by atoms with Gasteiger partial charge in [-0.15, -0.1) is 0 Å². The Morgan fingerprint density at radius 3 is 2.71 bits per heavy atom. The van der Waals surface area contributed by atoms with Crippen LogP contribution in [0.4, 0.5) is 0 Å². The summed E-state index contributed by atoms with van der Waals surface area (Å²) in [4.78, 5) is 20.2. The third-order valence-corrected chi connectivity index (χ3v) is 1.77. The van der Waals surface area contributed by atoms with Crippen LogP contribution in [0, 0.1) is 10.1 Å². The minimum absolute atomic E-state index is 0.0412. The van der Waals surface area contributed by atoms with Gasteiger partial charge >= 0.3 is 6.04 Å². The van der Waals surface area contributed by atoms with E-state index in [4.69, 9.17) is 4.74 Å². The molecule has 0 aromatic rings. The van der Waals surface area contributed by atoms with Gasteiger partial charge in [-0.1, -0.05) is 0 Å². The van der Waals surface area contributed by atoms with Crippen LogP contribution in [0.25, 0.3) is 0 Å². The van der Waals surface area contributed by atoms with Crippen LogP contribution in [0.2, 0.25) is 0 Å². The molecule has 0 aromatic carbocycles. The van der Waals surface area contributed by atoms with Gasteiger partial charge in [0.1, 0.15) is 11.7 Å². The lowest BCUT2D eigenvalue weighted by molar-refractivity contribution is -0.505. The van der Waals surface area contributed by atoms with Gasteiger partial charge in [0.25, 0.3) is 0 Å². The van der Waals surface area contributed by atoms with Gasteiger partial charge in [0.05, 0.1) is 7.11 Å². The SMILES string of the molecule is COC1=CC=C(O)C([N+](=O)[O-])C1=C=O. The Morgan fingerprint density at radius 1 is 1.64 bits per heavy atom. The van der Waals surface area contributed by atoms with E-state index in [0.717, 1.165) is 6.08 Å². The zero-order valence-electron chi connectivity index (χ0n) is 7.26. The van der Waals surface area contributed by atoms with Gasteiger partial charge < -0.3 is 9.84 Å². The first-order valence-corrected chi connectivity index (χ1v) is 3.65. The van der Waals surface area contributed by atoms with Crippen molar-refractivity contribution in [3.8, 4) is 0 Å². The van der Waals surface area contributed by atoms with E-state index in [2.05, 4.69) is 0 Å². The summed E-state index contributed by atoms with van der Waals surface area (Å²) in [5.41, 5.74) is -0.308. The van der Waals surface area contributed by atoms with E-state index in [-0.39, 0.29) is 11.3 Å². The molecule has 0 aliphatic heterocycles. The Kier molecular flexibility index (Phi) is 2.69. The molecule has 1 atom stereocenters. The van der Waals surface area contributed by atoms with Crippen molar-refractivity contribution < 1.29 is 19.6 Å². The van der Waals surface area contributed by atoms with Crippen molar-refractivity contribution in [3.05, 3.63) is 39.4 Å². The van der Waals surface area contributed by atoms with E-state index in [1.807, 2.05) is 0 Å². The summed E-state index contributed by atoms with van der Waals surface area (Å²) >= 11 is 0. The maximum Gasteiger partial charge on any atom is 0.307 e. The lowest BCUT2D eigenvalue weighted by atomic mass is 10.0. The van der Waals surface area contributed by atoms with E-state index < -0.39 is 16.7 Å². The van der Waals surface area contributed by atoms with Crippen molar-refractivity contribution in [2.75, 3.05) is 7.11 Å². The van der Waals surface area contributed by atoms with Crippen LogP contribution in [0.5, 0.6) is 0 Å². The molecule has 0 aromatic heterocycles. The zero-order chi connectivity index (χ0) is 10.7. The van der Waals surface area contributed by atoms with Crippen LogP contribution < -0.4 is 0 Å². The maximum absolute atomic E-state index is 10.5. The first kappa shape index (κ1) is 10.0. The number of nitro groups is 1. The molecule has 1 unspecified atom stereocenters. The number of hydrogen-bond donors (Lipinski definition) is 1. The first-order chi connectivity index (χ1) is 6.61. The van der Waals surface area contributed by atoms with Crippen molar-refractivity contribution in [2.24, 2.45) is 0 Å². The molecule has 0 heterocycles. The molecular weight excluding hydrogens is 190 g/mol. The van der Waals surface area contributed by atoms with Crippen molar-refractivity contribution in [2.45, 2.75) is 6.04 Å². The number of hydrogen-bond acceptors (Lipinski definition) is 5. The number of nitrogens with zero attached hydrogens (tertiary/aromatic N) is 1. The fourth-order valence-corrected chi connectivity index (χ4v) is 1.12. The highest BCUT2D eigenvalue weighted by molar-refractivity contribution is 5.64. The third kappa shape index (κ3) is 1.51. The van der Waals surface area contributed by atoms with Gasteiger partial charge in [0.2, 0.25) is 0 Å². The molecule has 0 bridgehead atoms. The summed E-state index contributed by atoms with van der Waals surface area (Å²) in [5, 5.41) is 19.7. The van der Waals surface area contributed by atoms with Gasteiger partial charge in [0, 0.05) is 4.92 Å². The van der Waals surface area contributed by atoms with Crippen LogP contribution in [0.15, 0.2) is 29.2 Å². The molecule has 1 N–H and O–H groups in total. The first-order valence-electron chi connectivity index (χ1n) is 3.65. The summed E-state index contributed by atoms with van der Waals surface area (Å²) in [6.45, 7) is 0. The number of aliphatic hydroxyl groups is 1. The Bertz CT molecular complexity index is 375. The van der Waals surface area contributed by atoms with Crippen LogP contribution in [0.1, 0.15) is 0 Å². The van der Waals surface area contributed by atoms with E-state index >= 15 is 0 Å². The highest BCUT2D eigenvalue weighted by Crippen LogP contribution is 2.24. The zero-order valence-corrected chi connectivity index (χ0v) is 7.26. The molecule has 0 spiro atoms. The van der Waals surface area contributed by atoms with Crippen LogP contribution in [-0.2, 0) is 9.53 Å². The predicted octanol–water partition coefficient (Wildman–Crippen LogP) is 0.375. The Hall–Kier alpha value is -2.07. The molecule has 0 radical (unpaired) electrons. The monoisotopic (exact) mass is 197 g/mol. The molecule has 0 fully saturated rings. The van der Waals surface area contributed by atoms with Crippen molar-refractivity contribution in [1.29, 1.82) is 0 Å². The van der Waals surface area contributed by atoms with E-state index in [0.29, 0.717) is 0 Å². The van der Waals surface area contributed by atoms with Crippen LogP contribution >= 0.6 is 0 Å². The molecule has 6 heteroatoms. The minimum Gasteiger partial charge on any atom is -0.505 e. The Morgan fingerprint density at radius 2 is 2.29 bits per heavy atom. The lowest BCUT2D eigenvalue weighted by Crippen LogP contribution is -2.28. The second kappa shape index (κ2) is 3.76. The molecule has 74 valence electrons. The van der Waals surface area contributed by atoms with Crippen molar-refractivity contribution in [1.82, 2.24) is 0 Å². The third-order valence-electron chi connectivity index (χ3n) is 1.77. The van der Waals surface area contributed by atoms with Crippen molar-refractivity contribution in [3.63, 3.8) is 0 Å². The van der Waals surface area contributed by atoms with Gasteiger partial charge in [0.15, 0.2) is 11.3 Å². The minimum atomic E-state index is -1.58. The van der Waals surface area contributed by atoms with Crippen LogP contribution in [-0.4, -0.2) is 29.1 Å². The molecule has 14 heavy (non-hydrogen) atoms. The number of carbonyl (C=O) groups excluding carboxylic acids is 1. The molecule has 1 aliphatic carbocycles. The number of rotatable bonds is 2. The molecule has 0 amide bonds. The van der Waals surface area contributed by atoms with E-state index in [1.165, 1.54) is 19.1 Å². The second-order valence-electron chi connectivity index (χ2n) is 2.53. The topological polar surface area (TPSA) is 89.7 Å². The fraction of sp³-hybridized carbons (Fsp3) is 0.250. The summed E-state index contributed by atoms with van der Waals surface area (Å²) < 4.78 is 4.72. The number of methoxy groups -OCH3 is 1. The lowest BCUT2D eigenvalue weighted by Gasteiger charge is -2.14. The second-order valence-corrected chi connectivity index (χ2v) is 2.53. The highest BCUT2D eigenvalue weighted by atomic mass is 16.6. The number of aliphatic hydroxyl groups excluding tert-OH is 1. The Balaban J connectivity index is 3.22. The largest absolute Gasteiger partial charge is 0.505 e. The van der Waals surface area contributed by atoms with Crippen molar-refractivity contribution >= 4 is 5.94 Å². The molecule has 1 aliphatic rings. The van der Waals surface area contributed by atoms with E-state index in [9.17, 15) is 20.0 Å². The smallest absolute Gasteiger partial charge is 0.307 e. The molecule has 6 nitrogen and oxygen atoms in total. The van der Waals surface area contributed by atoms with E-state index in [1.54, 1.807) is 0 Å². The van der Waals surface area contributed by atoms with Gasteiger partial charge in [-0.05, 0) is 12.2 Å². The van der Waals surface area contributed by atoms with Crippen LogP contribution in [0.3, 0.4) is 0 Å². The van der Waals surface area contributed by atoms with Gasteiger partial charge in [-0.2, -0.15) is 0 Å². The Labute approximate surface area is 78.9 Å². The summed E-state index contributed by atoms with van der Waals surface area (Å²) in [6.07, 6.45) is 2.39. The summed E-state index contributed by atoms with van der Waals surface area (Å²) in [5.74, 6) is 0.933.